The van der Waals surface area contributed by atoms with Gasteiger partial charge in [-0.1, -0.05) is 42.5 Å². The van der Waals surface area contributed by atoms with Gasteiger partial charge in [0.15, 0.2) is 0 Å². The van der Waals surface area contributed by atoms with Gasteiger partial charge in [-0.3, -0.25) is 0 Å². The Morgan fingerprint density at radius 3 is 2.75 bits per heavy atom. The van der Waals surface area contributed by atoms with Crippen molar-refractivity contribution < 1.29 is 4.74 Å². The van der Waals surface area contributed by atoms with Crippen LogP contribution >= 0.6 is 0 Å². The van der Waals surface area contributed by atoms with Gasteiger partial charge in [0.05, 0.1) is 6.61 Å². The molecule has 0 saturated heterocycles. The van der Waals surface area contributed by atoms with Crippen LogP contribution in [0.2, 0.25) is 0 Å². The van der Waals surface area contributed by atoms with Crippen LogP contribution in [0, 0.1) is 0 Å². The van der Waals surface area contributed by atoms with Crippen LogP contribution in [-0.2, 0) is 11.3 Å². The lowest BCUT2D eigenvalue weighted by atomic mass is 10.0. The second kappa shape index (κ2) is 8.00. The summed E-state index contributed by atoms with van der Waals surface area (Å²) in [6.07, 6.45) is 0. The minimum Gasteiger partial charge on any atom is -0.383 e. The smallest absolute Gasteiger partial charge is 0.0587 e. The van der Waals surface area contributed by atoms with E-state index in [1.165, 1.54) is 16.3 Å². The molecule has 2 aromatic rings. The minimum atomic E-state index is 0.436. The molecule has 0 amide bonds. The van der Waals surface area contributed by atoms with E-state index in [2.05, 4.69) is 60.0 Å². The lowest BCUT2D eigenvalue weighted by molar-refractivity contribution is 0.198. The molecule has 0 aliphatic rings. The van der Waals surface area contributed by atoms with Crippen molar-refractivity contribution >= 4 is 10.8 Å². The van der Waals surface area contributed by atoms with Gasteiger partial charge in [0.1, 0.15) is 0 Å². The first kappa shape index (κ1) is 15.0. The second-order valence-corrected chi connectivity index (χ2v) is 5.12. The van der Waals surface area contributed by atoms with Crippen molar-refractivity contribution in [3.8, 4) is 0 Å². The summed E-state index contributed by atoms with van der Waals surface area (Å²) in [4.78, 5) is 0. The summed E-state index contributed by atoms with van der Waals surface area (Å²) in [6.45, 7) is 5.71. The number of benzene rings is 2. The van der Waals surface area contributed by atoms with Crippen molar-refractivity contribution in [3.63, 3.8) is 0 Å². The highest BCUT2D eigenvalue weighted by Gasteiger charge is 2.03. The number of methoxy groups -OCH3 is 1. The van der Waals surface area contributed by atoms with E-state index in [0.29, 0.717) is 6.04 Å². The maximum Gasteiger partial charge on any atom is 0.0587 e. The van der Waals surface area contributed by atoms with Crippen LogP contribution in [0.15, 0.2) is 42.5 Å². The molecule has 0 spiro atoms. The van der Waals surface area contributed by atoms with Gasteiger partial charge < -0.3 is 15.4 Å². The summed E-state index contributed by atoms with van der Waals surface area (Å²) >= 11 is 0. The molecule has 0 aromatic heterocycles. The number of fused-ring (bicyclic) bond motifs is 1. The van der Waals surface area contributed by atoms with Crippen molar-refractivity contribution in [3.05, 3.63) is 48.0 Å². The van der Waals surface area contributed by atoms with Crippen molar-refractivity contribution in [2.75, 3.05) is 26.8 Å². The molecule has 0 fully saturated rings. The van der Waals surface area contributed by atoms with Gasteiger partial charge in [-0.2, -0.15) is 0 Å². The number of hydrogen-bond acceptors (Lipinski definition) is 3. The monoisotopic (exact) mass is 272 g/mol. The molecule has 0 saturated carbocycles. The molecule has 2 N–H and O–H groups in total. The Hall–Kier alpha value is -1.42. The SMILES string of the molecule is COCCNCC(C)NCc1cccc2ccccc12. The van der Waals surface area contributed by atoms with Crippen LogP contribution in [0.1, 0.15) is 12.5 Å². The molecule has 1 unspecified atom stereocenters. The molecule has 0 radical (unpaired) electrons. The van der Waals surface area contributed by atoms with Crippen LogP contribution in [0.25, 0.3) is 10.8 Å². The molecular weight excluding hydrogens is 248 g/mol. The van der Waals surface area contributed by atoms with E-state index in [9.17, 15) is 0 Å². The first-order valence-corrected chi connectivity index (χ1v) is 7.21. The van der Waals surface area contributed by atoms with Crippen LogP contribution in [-0.4, -0.2) is 32.8 Å². The quantitative estimate of drug-likeness (QED) is 0.725. The third-order valence-corrected chi connectivity index (χ3v) is 3.45. The molecular formula is C17H24N2O. The zero-order valence-corrected chi connectivity index (χ0v) is 12.4. The summed E-state index contributed by atoms with van der Waals surface area (Å²) in [6, 6.07) is 15.5. The Balaban J connectivity index is 1.86. The Kier molecular flexibility index (Phi) is 5.99. The maximum atomic E-state index is 5.02. The molecule has 2 rings (SSSR count). The number of nitrogens with one attached hydrogen (secondary N) is 2. The van der Waals surface area contributed by atoms with Crippen molar-refractivity contribution in [1.29, 1.82) is 0 Å². The Bertz CT molecular complexity index is 522. The summed E-state index contributed by atoms with van der Waals surface area (Å²) in [5.41, 5.74) is 1.35. The van der Waals surface area contributed by atoms with Gasteiger partial charge in [0.25, 0.3) is 0 Å². The number of ether oxygens (including phenoxy) is 1. The van der Waals surface area contributed by atoms with E-state index in [0.717, 1.165) is 26.2 Å². The molecule has 0 bridgehead atoms. The average Bonchev–Trinajstić information content (AvgIpc) is 2.49. The highest BCUT2D eigenvalue weighted by molar-refractivity contribution is 5.85. The van der Waals surface area contributed by atoms with E-state index >= 15 is 0 Å². The summed E-state index contributed by atoms with van der Waals surface area (Å²) < 4.78 is 5.02. The molecule has 3 nitrogen and oxygen atoms in total. The maximum absolute atomic E-state index is 5.02. The first-order chi connectivity index (χ1) is 9.81. The zero-order chi connectivity index (χ0) is 14.2. The summed E-state index contributed by atoms with van der Waals surface area (Å²) in [5.74, 6) is 0. The van der Waals surface area contributed by atoms with E-state index < -0.39 is 0 Å². The molecule has 0 heterocycles. The second-order valence-electron chi connectivity index (χ2n) is 5.12. The Labute approximate surface area is 121 Å². The molecule has 1 atom stereocenters. The standard InChI is InChI=1S/C17H24N2O/c1-14(12-18-10-11-20-2)19-13-16-8-5-7-15-6-3-4-9-17(15)16/h3-9,14,18-19H,10-13H2,1-2H3. The van der Waals surface area contributed by atoms with Gasteiger partial charge in [0, 0.05) is 32.8 Å². The number of rotatable bonds is 8. The number of hydrogen-bond donors (Lipinski definition) is 2. The molecule has 108 valence electrons. The van der Waals surface area contributed by atoms with E-state index in [1.54, 1.807) is 7.11 Å². The van der Waals surface area contributed by atoms with Gasteiger partial charge in [-0.25, -0.2) is 0 Å². The summed E-state index contributed by atoms with van der Waals surface area (Å²) in [7, 11) is 1.73. The fourth-order valence-electron chi connectivity index (χ4n) is 2.30. The molecule has 2 aromatic carbocycles. The topological polar surface area (TPSA) is 33.3 Å². The summed E-state index contributed by atoms with van der Waals surface area (Å²) in [5, 5.41) is 9.58. The van der Waals surface area contributed by atoms with Gasteiger partial charge in [-0.15, -0.1) is 0 Å². The van der Waals surface area contributed by atoms with Crippen molar-refractivity contribution in [2.45, 2.75) is 19.5 Å². The fourth-order valence-corrected chi connectivity index (χ4v) is 2.30. The zero-order valence-electron chi connectivity index (χ0n) is 12.4. The molecule has 3 heteroatoms. The highest BCUT2D eigenvalue weighted by Crippen LogP contribution is 2.18. The van der Waals surface area contributed by atoms with E-state index in [4.69, 9.17) is 4.74 Å². The van der Waals surface area contributed by atoms with E-state index in [-0.39, 0.29) is 0 Å². The molecule has 0 aliphatic heterocycles. The van der Waals surface area contributed by atoms with Crippen LogP contribution in [0.4, 0.5) is 0 Å². The van der Waals surface area contributed by atoms with Crippen molar-refractivity contribution in [1.82, 2.24) is 10.6 Å². The van der Waals surface area contributed by atoms with Gasteiger partial charge in [0.2, 0.25) is 0 Å². The largest absolute Gasteiger partial charge is 0.383 e. The van der Waals surface area contributed by atoms with Gasteiger partial charge in [-0.05, 0) is 23.3 Å². The van der Waals surface area contributed by atoms with E-state index in [1.807, 2.05) is 0 Å². The van der Waals surface area contributed by atoms with Crippen LogP contribution < -0.4 is 10.6 Å². The molecule has 20 heavy (non-hydrogen) atoms. The average molecular weight is 272 g/mol. The predicted molar refractivity (Wildman–Crippen MR) is 85.0 cm³/mol. The first-order valence-electron chi connectivity index (χ1n) is 7.21. The van der Waals surface area contributed by atoms with Crippen LogP contribution in [0.5, 0.6) is 0 Å². The highest BCUT2D eigenvalue weighted by atomic mass is 16.5. The Morgan fingerprint density at radius 1 is 1.10 bits per heavy atom. The molecule has 0 aliphatic carbocycles. The third kappa shape index (κ3) is 4.30. The van der Waals surface area contributed by atoms with Crippen molar-refractivity contribution in [2.24, 2.45) is 0 Å². The van der Waals surface area contributed by atoms with Gasteiger partial charge >= 0.3 is 0 Å². The predicted octanol–water partition coefficient (Wildman–Crippen LogP) is 2.55. The normalized spacial score (nSPS) is 12.7. The lowest BCUT2D eigenvalue weighted by Crippen LogP contribution is -2.37. The third-order valence-electron chi connectivity index (χ3n) is 3.45. The van der Waals surface area contributed by atoms with Crippen LogP contribution in [0.3, 0.4) is 0 Å². The lowest BCUT2D eigenvalue weighted by Gasteiger charge is -2.15. The fraction of sp³-hybridized carbons (Fsp3) is 0.412. The minimum absolute atomic E-state index is 0.436. The Morgan fingerprint density at radius 2 is 1.90 bits per heavy atom.